The van der Waals surface area contributed by atoms with Crippen LogP contribution in [0.3, 0.4) is 0 Å². The first-order valence-corrected chi connectivity index (χ1v) is 7.13. The van der Waals surface area contributed by atoms with Gasteiger partial charge in [-0.3, -0.25) is 4.90 Å². The van der Waals surface area contributed by atoms with Crippen LogP contribution in [0.25, 0.3) is 0 Å². The molecule has 0 saturated carbocycles. The van der Waals surface area contributed by atoms with Gasteiger partial charge in [0.25, 0.3) is 0 Å². The van der Waals surface area contributed by atoms with Crippen molar-refractivity contribution in [1.82, 2.24) is 10.2 Å². The molecule has 2 rings (SSSR count). The smallest absolute Gasteiger partial charge is 0.113 e. The number of hydrogen-bond donors (Lipinski definition) is 1. The molecule has 3 heteroatoms. The third kappa shape index (κ3) is 4.44. The molecule has 1 saturated heterocycles. The molecule has 1 heterocycles. The summed E-state index contributed by atoms with van der Waals surface area (Å²) in [6.07, 6.45) is 1.71. The fourth-order valence-corrected chi connectivity index (χ4v) is 2.43. The average molecular weight is 262 g/mol. The Morgan fingerprint density at radius 2 is 1.89 bits per heavy atom. The van der Waals surface area contributed by atoms with E-state index in [0.29, 0.717) is 6.54 Å². The van der Waals surface area contributed by atoms with Crippen molar-refractivity contribution < 1.29 is 4.39 Å². The minimum absolute atomic E-state index is 0.0827. The predicted octanol–water partition coefficient (Wildman–Crippen LogP) is 3.12. The number of halogens is 1. The van der Waals surface area contributed by atoms with Crippen LogP contribution < -0.4 is 5.32 Å². The zero-order chi connectivity index (χ0) is 13.5. The maximum Gasteiger partial charge on any atom is 0.113 e. The Morgan fingerprint density at radius 1 is 1.21 bits per heavy atom. The quantitative estimate of drug-likeness (QED) is 0.877. The molecule has 0 spiro atoms. The molecule has 19 heavy (non-hydrogen) atoms. The van der Waals surface area contributed by atoms with Gasteiger partial charge in [-0.15, -0.1) is 0 Å². The number of hydrogen-bond acceptors (Lipinski definition) is 2. The fourth-order valence-electron chi connectivity index (χ4n) is 2.43. The second kappa shape index (κ2) is 7.41. The van der Waals surface area contributed by atoms with E-state index in [9.17, 15) is 4.39 Å². The molecule has 0 aliphatic carbocycles. The highest BCUT2D eigenvalue weighted by Gasteiger charge is 2.13. The molecule has 0 atom stereocenters. The molecular weight excluding hydrogens is 239 g/mol. The van der Waals surface area contributed by atoms with Crippen molar-refractivity contribution in [1.29, 1.82) is 0 Å². The third-order valence-electron chi connectivity index (χ3n) is 3.65. The minimum Gasteiger partial charge on any atom is -0.316 e. The highest BCUT2D eigenvalue weighted by Crippen LogP contribution is 2.18. The van der Waals surface area contributed by atoms with Gasteiger partial charge in [-0.2, -0.15) is 0 Å². The minimum atomic E-state index is 0.0827. The molecule has 1 N–H and O–H groups in total. The van der Waals surface area contributed by atoms with Crippen LogP contribution in [0.4, 0.5) is 4.39 Å². The highest BCUT2D eigenvalue weighted by atomic mass is 19.1. The Balaban J connectivity index is 1.95. The molecule has 1 aromatic carbocycles. The predicted molar refractivity (Wildman–Crippen MR) is 77.6 cm³/mol. The highest BCUT2D eigenvalue weighted by molar-refractivity contribution is 5.16. The number of likely N-dealkylation sites (N-methyl/N-ethyl adjacent to an activating group) is 1. The molecule has 1 fully saturated rings. The van der Waals surface area contributed by atoms with Crippen LogP contribution in [0, 0.1) is 0 Å². The van der Waals surface area contributed by atoms with E-state index in [0.717, 1.165) is 44.6 Å². The van der Waals surface area contributed by atoms with Crippen molar-refractivity contribution in [3.8, 4) is 0 Å². The maximum absolute atomic E-state index is 14.2. The average Bonchev–Trinajstić information content (AvgIpc) is 2.48. The first-order valence-electron chi connectivity index (χ1n) is 7.13. The Hall–Kier alpha value is -1.19. The van der Waals surface area contributed by atoms with Crippen LogP contribution in [-0.2, 0) is 6.54 Å². The normalized spacial score (nSPS) is 15.8. The third-order valence-corrected chi connectivity index (χ3v) is 3.65. The summed E-state index contributed by atoms with van der Waals surface area (Å²) in [5.41, 5.74) is 2.25. The van der Waals surface area contributed by atoms with Crippen LogP contribution in [0.15, 0.2) is 41.7 Å². The Bertz CT molecular complexity index is 406. The van der Waals surface area contributed by atoms with Gasteiger partial charge < -0.3 is 5.32 Å². The number of benzene rings is 1. The zero-order valence-corrected chi connectivity index (χ0v) is 11.7. The summed E-state index contributed by atoms with van der Waals surface area (Å²) in [5.74, 6) is 0.0827. The van der Waals surface area contributed by atoms with Gasteiger partial charge in [-0.1, -0.05) is 37.3 Å². The van der Waals surface area contributed by atoms with Gasteiger partial charge in [0.05, 0.1) is 6.54 Å². The maximum atomic E-state index is 14.2. The van der Waals surface area contributed by atoms with Gasteiger partial charge >= 0.3 is 0 Å². The van der Waals surface area contributed by atoms with E-state index >= 15 is 0 Å². The Kier molecular flexibility index (Phi) is 5.55. The van der Waals surface area contributed by atoms with Crippen molar-refractivity contribution in [3.63, 3.8) is 0 Å². The summed E-state index contributed by atoms with van der Waals surface area (Å²) in [4.78, 5) is 2.15. The largest absolute Gasteiger partial charge is 0.316 e. The van der Waals surface area contributed by atoms with Gasteiger partial charge in [-0.05, 0) is 43.6 Å². The summed E-state index contributed by atoms with van der Waals surface area (Å²) in [7, 11) is 0. The lowest BCUT2D eigenvalue weighted by Gasteiger charge is -2.22. The van der Waals surface area contributed by atoms with Crippen LogP contribution >= 0.6 is 0 Å². The molecule has 0 unspecified atom stereocenters. The fraction of sp³-hybridized carbons (Fsp3) is 0.500. The summed E-state index contributed by atoms with van der Waals surface area (Å²) in [6, 6.07) is 10.3. The molecule has 2 nitrogen and oxygen atoms in total. The molecule has 1 aromatic rings. The number of piperidine rings is 1. The lowest BCUT2D eigenvalue weighted by Crippen LogP contribution is -2.27. The molecule has 0 bridgehead atoms. The second-order valence-corrected chi connectivity index (χ2v) is 5.05. The molecule has 0 aromatic heterocycles. The van der Waals surface area contributed by atoms with Gasteiger partial charge in [0.2, 0.25) is 0 Å². The summed E-state index contributed by atoms with van der Waals surface area (Å²) < 4.78 is 14.2. The lowest BCUT2D eigenvalue weighted by atomic mass is 10.0. The van der Waals surface area contributed by atoms with Crippen LogP contribution in [0.1, 0.15) is 25.3 Å². The topological polar surface area (TPSA) is 15.3 Å². The van der Waals surface area contributed by atoms with Crippen molar-refractivity contribution in [3.05, 3.63) is 47.3 Å². The molecule has 1 aliphatic rings. The summed E-state index contributed by atoms with van der Waals surface area (Å²) in [5, 5.41) is 3.26. The Labute approximate surface area is 115 Å². The van der Waals surface area contributed by atoms with Crippen LogP contribution in [0.5, 0.6) is 0 Å². The van der Waals surface area contributed by atoms with Crippen LogP contribution in [-0.4, -0.2) is 31.1 Å². The molecule has 104 valence electrons. The van der Waals surface area contributed by atoms with E-state index in [1.165, 1.54) is 5.56 Å². The summed E-state index contributed by atoms with van der Waals surface area (Å²) >= 11 is 0. The molecule has 0 radical (unpaired) electrons. The van der Waals surface area contributed by atoms with Crippen molar-refractivity contribution in [2.75, 3.05) is 26.2 Å². The van der Waals surface area contributed by atoms with Gasteiger partial charge in [-0.25, -0.2) is 4.39 Å². The van der Waals surface area contributed by atoms with Crippen molar-refractivity contribution in [2.24, 2.45) is 0 Å². The molecule has 0 amide bonds. The first-order chi connectivity index (χ1) is 9.29. The van der Waals surface area contributed by atoms with E-state index in [1.807, 2.05) is 18.2 Å². The van der Waals surface area contributed by atoms with Crippen molar-refractivity contribution in [2.45, 2.75) is 26.3 Å². The van der Waals surface area contributed by atoms with Gasteiger partial charge in [0.15, 0.2) is 0 Å². The molecule has 1 aliphatic heterocycles. The van der Waals surface area contributed by atoms with Crippen LogP contribution in [0.2, 0.25) is 0 Å². The first kappa shape index (κ1) is 14.2. The van der Waals surface area contributed by atoms with Gasteiger partial charge in [0, 0.05) is 6.54 Å². The number of nitrogens with zero attached hydrogens (tertiary/aromatic N) is 1. The summed E-state index contributed by atoms with van der Waals surface area (Å²) in [6.45, 7) is 6.04. The standard InChI is InChI=1S/C16H23FN2/c1-2-19(12-14-6-4-3-5-7-14)13-16(17)15-8-10-18-11-9-15/h3-7,18H,2,8-13H2,1H3. The monoisotopic (exact) mass is 262 g/mol. The second-order valence-electron chi connectivity index (χ2n) is 5.05. The van der Waals surface area contributed by atoms with E-state index in [2.05, 4.69) is 29.3 Å². The zero-order valence-electron chi connectivity index (χ0n) is 11.7. The lowest BCUT2D eigenvalue weighted by molar-refractivity contribution is 0.280. The van der Waals surface area contributed by atoms with Crippen molar-refractivity contribution >= 4 is 0 Å². The molecular formula is C16H23FN2. The SMILES string of the molecule is CCN(CC(F)=C1CCNCC1)Cc1ccccc1. The van der Waals surface area contributed by atoms with Gasteiger partial charge in [0.1, 0.15) is 5.83 Å². The Morgan fingerprint density at radius 3 is 2.53 bits per heavy atom. The number of nitrogens with one attached hydrogen (secondary N) is 1. The van der Waals surface area contributed by atoms with E-state index in [1.54, 1.807) is 0 Å². The van der Waals surface area contributed by atoms with E-state index < -0.39 is 0 Å². The van der Waals surface area contributed by atoms with E-state index in [-0.39, 0.29) is 5.83 Å². The number of rotatable bonds is 5. The van der Waals surface area contributed by atoms with E-state index in [4.69, 9.17) is 0 Å².